The van der Waals surface area contributed by atoms with Gasteiger partial charge < -0.3 is 24.8 Å². The van der Waals surface area contributed by atoms with E-state index in [9.17, 15) is 9.50 Å². The molecule has 0 unspecified atom stereocenters. The van der Waals surface area contributed by atoms with Crippen molar-refractivity contribution in [3.05, 3.63) is 41.7 Å². The standard InChI is InChI=1S/C23H27FN4O3/c1-15-10-17(24)19(13-20(15)29)25-23-12-16-11-21(30-2)22(14-18(16)26-27-23)31-9-5-8-28-6-3-4-7-28/h10-14,29H,3-9H2,1-2H3,(H,25,27). The zero-order valence-corrected chi connectivity index (χ0v) is 17.8. The average Bonchev–Trinajstić information content (AvgIpc) is 3.28. The molecule has 1 aliphatic rings. The van der Waals surface area contributed by atoms with E-state index in [0.29, 0.717) is 35.0 Å². The number of nitrogens with zero attached hydrogens (tertiary/aromatic N) is 3. The lowest BCUT2D eigenvalue weighted by molar-refractivity contribution is 0.254. The van der Waals surface area contributed by atoms with Crippen LogP contribution >= 0.6 is 0 Å². The molecule has 2 heterocycles. The summed E-state index contributed by atoms with van der Waals surface area (Å²) in [5.74, 6) is 1.11. The van der Waals surface area contributed by atoms with Crippen LogP contribution in [0, 0.1) is 12.7 Å². The minimum absolute atomic E-state index is 0.00541. The second kappa shape index (κ2) is 9.34. The van der Waals surface area contributed by atoms with Crippen LogP contribution in [-0.4, -0.2) is 53.6 Å². The number of benzene rings is 2. The van der Waals surface area contributed by atoms with Gasteiger partial charge >= 0.3 is 0 Å². The van der Waals surface area contributed by atoms with E-state index in [4.69, 9.17) is 9.47 Å². The second-order valence-corrected chi connectivity index (χ2v) is 7.79. The summed E-state index contributed by atoms with van der Waals surface area (Å²) in [6.45, 7) is 5.63. The van der Waals surface area contributed by atoms with Gasteiger partial charge in [-0.15, -0.1) is 10.2 Å². The van der Waals surface area contributed by atoms with Gasteiger partial charge in [-0.05, 0) is 63.0 Å². The van der Waals surface area contributed by atoms with Crippen molar-refractivity contribution < 1.29 is 19.0 Å². The molecule has 0 aliphatic carbocycles. The molecule has 164 valence electrons. The molecular weight excluding hydrogens is 399 g/mol. The molecule has 0 amide bonds. The number of hydrogen-bond donors (Lipinski definition) is 2. The smallest absolute Gasteiger partial charge is 0.163 e. The van der Waals surface area contributed by atoms with Gasteiger partial charge in [-0.2, -0.15) is 0 Å². The van der Waals surface area contributed by atoms with Gasteiger partial charge in [0.05, 0.1) is 24.9 Å². The van der Waals surface area contributed by atoms with E-state index in [2.05, 4.69) is 20.4 Å². The number of aryl methyl sites for hydroxylation is 1. The van der Waals surface area contributed by atoms with Crippen LogP contribution in [-0.2, 0) is 0 Å². The molecule has 7 nitrogen and oxygen atoms in total. The number of fused-ring (bicyclic) bond motifs is 1. The Bertz CT molecular complexity index is 1070. The SMILES string of the molecule is COc1cc2cc(Nc3cc(O)c(C)cc3F)nnc2cc1OCCCN1CCCC1. The second-order valence-electron chi connectivity index (χ2n) is 7.79. The molecule has 1 saturated heterocycles. The lowest BCUT2D eigenvalue weighted by atomic mass is 10.2. The highest BCUT2D eigenvalue weighted by molar-refractivity contribution is 5.84. The topological polar surface area (TPSA) is 79.7 Å². The number of rotatable bonds is 8. The van der Waals surface area contributed by atoms with Crippen molar-refractivity contribution in [3.8, 4) is 17.2 Å². The van der Waals surface area contributed by atoms with Crippen molar-refractivity contribution >= 4 is 22.4 Å². The van der Waals surface area contributed by atoms with Gasteiger partial charge in [-0.1, -0.05) is 0 Å². The normalized spacial score (nSPS) is 14.2. The molecule has 0 bridgehead atoms. The maximum absolute atomic E-state index is 14.2. The third kappa shape index (κ3) is 4.96. The summed E-state index contributed by atoms with van der Waals surface area (Å²) in [5.41, 5.74) is 1.24. The number of likely N-dealkylation sites (tertiary alicyclic amines) is 1. The molecule has 31 heavy (non-hydrogen) atoms. The Kier molecular flexibility index (Phi) is 6.36. The van der Waals surface area contributed by atoms with Gasteiger partial charge in [0.2, 0.25) is 0 Å². The third-order valence-corrected chi connectivity index (χ3v) is 5.49. The van der Waals surface area contributed by atoms with Gasteiger partial charge in [0.15, 0.2) is 17.3 Å². The van der Waals surface area contributed by atoms with Crippen molar-refractivity contribution in [1.82, 2.24) is 15.1 Å². The highest BCUT2D eigenvalue weighted by atomic mass is 19.1. The van der Waals surface area contributed by atoms with E-state index in [1.54, 1.807) is 26.2 Å². The van der Waals surface area contributed by atoms with Crippen molar-refractivity contribution in [1.29, 1.82) is 0 Å². The summed E-state index contributed by atoms with van der Waals surface area (Å²) in [4.78, 5) is 2.46. The number of phenolic OH excluding ortho intramolecular Hbond substituents is 1. The van der Waals surface area contributed by atoms with E-state index in [1.807, 2.05) is 6.07 Å². The molecule has 0 radical (unpaired) electrons. The molecule has 1 aromatic heterocycles. The average molecular weight is 426 g/mol. The molecule has 0 spiro atoms. The molecule has 4 rings (SSSR count). The monoisotopic (exact) mass is 426 g/mol. The molecule has 0 atom stereocenters. The molecule has 3 aromatic rings. The first kappa shape index (κ1) is 21.1. The number of nitrogens with one attached hydrogen (secondary N) is 1. The fraction of sp³-hybridized carbons (Fsp3) is 0.391. The van der Waals surface area contributed by atoms with E-state index >= 15 is 0 Å². The van der Waals surface area contributed by atoms with Crippen LogP contribution in [0.25, 0.3) is 10.9 Å². The zero-order valence-electron chi connectivity index (χ0n) is 17.8. The first-order chi connectivity index (χ1) is 15.0. The Morgan fingerprint density at radius 1 is 1.10 bits per heavy atom. The summed E-state index contributed by atoms with van der Waals surface area (Å²) in [6, 6.07) is 7.98. The molecule has 2 N–H and O–H groups in total. The minimum atomic E-state index is -0.479. The highest BCUT2D eigenvalue weighted by Gasteiger charge is 2.13. The largest absolute Gasteiger partial charge is 0.508 e. The number of methoxy groups -OCH3 is 1. The summed E-state index contributed by atoms with van der Waals surface area (Å²) in [5, 5.41) is 21.9. The highest BCUT2D eigenvalue weighted by Crippen LogP contribution is 2.33. The summed E-state index contributed by atoms with van der Waals surface area (Å²) in [7, 11) is 1.59. The first-order valence-corrected chi connectivity index (χ1v) is 10.5. The number of ether oxygens (including phenoxy) is 2. The lowest BCUT2D eigenvalue weighted by Crippen LogP contribution is -2.21. The van der Waals surface area contributed by atoms with Crippen molar-refractivity contribution in [2.75, 3.05) is 38.7 Å². The van der Waals surface area contributed by atoms with E-state index in [1.165, 1.54) is 38.1 Å². The quantitative estimate of drug-likeness (QED) is 0.517. The maximum Gasteiger partial charge on any atom is 0.163 e. The van der Waals surface area contributed by atoms with Crippen LogP contribution in [0.4, 0.5) is 15.9 Å². The Hall–Kier alpha value is -3.13. The van der Waals surface area contributed by atoms with Crippen molar-refractivity contribution in [3.63, 3.8) is 0 Å². The third-order valence-electron chi connectivity index (χ3n) is 5.49. The Morgan fingerprint density at radius 2 is 1.90 bits per heavy atom. The Morgan fingerprint density at radius 3 is 2.68 bits per heavy atom. The molecule has 2 aromatic carbocycles. The van der Waals surface area contributed by atoms with Crippen LogP contribution in [0.2, 0.25) is 0 Å². The maximum atomic E-state index is 14.2. The minimum Gasteiger partial charge on any atom is -0.508 e. The van der Waals surface area contributed by atoms with Gasteiger partial charge in [0.25, 0.3) is 0 Å². The molecule has 8 heteroatoms. The summed E-state index contributed by atoms with van der Waals surface area (Å²) < 4.78 is 25.6. The van der Waals surface area contributed by atoms with Crippen LogP contribution in [0.5, 0.6) is 17.2 Å². The predicted molar refractivity (Wildman–Crippen MR) is 118 cm³/mol. The Balaban J connectivity index is 1.48. The number of aromatic hydroxyl groups is 1. The van der Waals surface area contributed by atoms with Gasteiger partial charge in [-0.25, -0.2) is 4.39 Å². The number of phenols is 1. The van der Waals surface area contributed by atoms with Gasteiger partial charge in [0, 0.05) is 24.1 Å². The van der Waals surface area contributed by atoms with Crippen molar-refractivity contribution in [2.45, 2.75) is 26.2 Å². The van der Waals surface area contributed by atoms with Crippen LogP contribution < -0.4 is 14.8 Å². The fourth-order valence-corrected chi connectivity index (χ4v) is 3.76. The van der Waals surface area contributed by atoms with Crippen LogP contribution in [0.1, 0.15) is 24.8 Å². The Labute approximate surface area is 180 Å². The summed E-state index contributed by atoms with van der Waals surface area (Å²) in [6.07, 6.45) is 3.52. The molecule has 1 aliphatic heterocycles. The predicted octanol–water partition coefficient (Wildman–Crippen LogP) is 4.40. The molecular formula is C23H27FN4O3. The number of anilines is 2. The first-order valence-electron chi connectivity index (χ1n) is 10.5. The van der Waals surface area contributed by atoms with Gasteiger partial charge in [0.1, 0.15) is 11.6 Å². The lowest BCUT2D eigenvalue weighted by Gasteiger charge is -2.16. The zero-order chi connectivity index (χ0) is 21.8. The van der Waals surface area contributed by atoms with E-state index in [-0.39, 0.29) is 11.4 Å². The molecule has 1 fully saturated rings. The van der Waals surface area contributed by atoms with Crippen LogP contribution in [0.15, 0.2) is 30.3 Å². The number of hydrogen-bond acceptors (Lipinski definition) is 7. The van der Waals surface area contributed by atoms with E-state index in [0.717, 1.165) is 18.4 Å². The van der Waals surface area contributed by atoms with Crippen molar-refractivity contribution in [2.24, 2.45) is 0 Å². The summed E-state index contributed by atoms with van der Waals surface area (Å²) >= 11 is 0. The number of halogens is 1. The fourth-order valence-electron chi connectivity index (χ4n) is 3.76. The van der Waals surface area contributed by atoms with Crippen LogP contribution in [0.3, 0.4) is 0 Å². The molecule has 0 saturated carbocycles. The van der Waals surface area contributed by atoms with E-state index < -0.39 is 5.82 Å². The number of aromatic nitrogens is 2. The van der Waals surface area contributed by atoms with Gasteiger partial charge in [-0.3, -0.25) is 0 Å².